The van der Waals surface area contributed by atoms with E-state index in [2.05, 4.69) is 27.8 Å². The van der Waals surface area contributed by atoms with Crippen LogP contribution in [0.1, 0.15) is 16.3 Å². The molecule has 0 aliphatic heterocycles. The molecule has 2 amide bonds. The number of aromatic nitrogens is 1. The van der Waals surface area contributed by atoms with Crippen molar-refractivity contribution in [2.75, 3.05) is 5.32 Å². The second kappa shape index (κ2) is 7.95. The fourth-order valence-corrected chi connectivity index (χ4v) is 3.21. The second-order valence-electron chi connectivity index (χ2n) is 5.21. The molecule has 122 valence electrons. The number of carbonyl (C=O) groups excluding carboxylic acids is 1. The lowest BCUT2D eigenvalue weighted by molar-refractivity contribution is 0.251. The van der Waals surface area contributed by atoms with Gasteiger partial charge in [-0.3, -0.25) is 0 Å². The van der Waals surface area contributed by atoms with E-state index in [1.165, 1.54) is 5.56 Å². The summed E-state index contributed by atoms with van der Waals surface area (Å²) < 4.78 is 0. The van der Waals surface area contributed by atoms with Crippen LogP contribution in [0.2, 0.25) is 5.02 Å². The van der Waals surface area contributed by atoms with Gasteiger partial charge in [-0.05, 0) is 23.8 Å². The first kappa shape index (κ1) is 16.5. The number of rotatable bonds is 5. The van der Waals surface area contributed by atoms with E-state index in [1.807, 2.05) is 23.6 Å². The van der Waals surface area contributed by atoms with Crippen molar-refractivity contribution in [1.29, 1.82) is 0 Å². The number of benzene rings is 2. The van der Waals surface area contributed by atoms with E-state index < -0.39 is 0 Å². The van der Waals surface area contributed by atoms with Crippen molar-refractivity contribution in [3.05, 3.63) is 81.3 Å². The van der Waals surface area contributed by atoms with Crippen LogP contribution in [0.3, 0.4) is 0 Å². The fraction of sp³-hybridized carbons (Fsp3) is 0.111. The highest BCUT2D eigenvalue weighted by atomic mass is 35.5. The Morgan fingerprint density at radius 2 is 1.96 bits per heavy atom. The van der Waals surface area contributed by atoms with Gasteiger partial charge in [0.15, 0.2) is 0 Å². The van der Waals surface area contributed by atoms with E-state index >= 15 is 0 Å². The normalized spacial score (nSPS) is 10.4. The zero-order valence-corrected chi connectivity index (χ0v) is 14.4. The molecule has 0 saturated heterocycles. The summed E-state index contributed by atoms with van der Waals surface area (Å²) in [5.74, 6) is 0. The van der Waals surface area contributed by atoms with E-state index in [1.54, 1.807) is 35.6 Å². The minimum atomic E-state index is -0.283. The molecule has 1 aromatic heterocycles. The van der Waals surface area contributed by atoms with Crippen molar-refractivity contribution >= 4 is 34.7 Å². The molecule has 0 spiro atoms. The first-order chi connectivity index (χ1) is 11.7. The number of nitrogens with one attached hydrogen (secondary N) is 2. The fourth-order valence-electron chi connectivity index (χ4n) is 2.19. The van der Waals surface area contributed by atoms with Crippen LogP contribution in [-0.2, 0) is 13.0 Å². The van der Waals surface area contributed by atoms with E-state index in [0.29, 0.717) is 17.3 Å². The molecule has 0 atom stereocenters. The first-order valence-electron chi connectivity index (χ1n) is 7.47. The van der Waals surface area contributed by atoms with Crippen LogP contribution in [0.15, 0.2) is 60.0 Å². The number of halogens is 1. The van der Waals surface area contributed by atoms with Gasteiger partial charge in [-0.2, -0.15) is 0 Å². The molecule has 0 bridgehead atoms. The highest BCUT2D eigenvalue weighted by molar-refractivity contribution is 7.09. The van der Waals surface area contributed by atoms with Gasteiger partial charge in [-0.15, -0.1) is 11.3 Å². The summed E-state index contributed by atoms with van der Waals surface area (Å²) in [5, 5.41) is 9.12. The number of hydrogen-bond donors (Lipinski definition) is 2. The molecule has 3 rings (SSSR count). The Morgan fingerprint density at radius 3 is 2.75 bits per heavy atom. The summed E-state index contributed by atoms with van der Waals surface area (Å²) in [6.07, 6.45) is 0.806. The topological polar surface area (TPSA) is 54.0 Å². The van der Waals surface area contributed by atoms with Crippen LogP contribution >= 0.6 is 22.9 Å². The average Bonchev–Trinajstić information content (AvgIpc) is 3.01. The van der Waals surface area contributed by atoms with Crippen LogP contribution < -0.4 is 10.6 Å². The molecule has 6 heteroatoms. The lowest BCUT2D eigenvalue weighted by atomic mass is 10.2. The summed E-state index contributed by atoms with van der Waals surface area (Å²) >= 11 is 7.49. The van der Waals surface area contributed by atoms with Crippen LogP contribution in [0.5, 0.6) is 0 Å². The first-order valence-corrected chi connectivity index (χ1v) is 8.72. The zero-order chi connectivity index (χ0) is 16.8. The van der Waals surface area contributed by atoms with Crippen molar-refractivity contribution in [3.63, 3.8) is 0 Å². The Hall–Kier alpha value is -2.37. The minimum Gasteiger partial charge on any atom is -0.332 e. The molecule has 0 aliphatic carbocycles. The standard InChI is InChI=1S/C18H16ClN3OS/c19-14-7-4-8-15(10-14)22-18(23)20-11-16-12-24-17(21-16)9-13-5-2-1-3-6-13/h1-8,10,12H,9,11H2,(H2,20,22,23). The van der Waals surface area contributed by atoms with E-state index in [4.69, 9.17) is 11.6 Å². The maximum atomic E-state index is 11.9. The van der Waals surface area contributed by atoms with E-state index in [0.717, 1.165) is 17.1 Å². The zero-order valence-electron chi connectivity index (χ0n) is 12.8. The number of anilines is 1. The number of carbonyl (C=O) groups is 1. The highest BCUT2D eigenvalue weighted by Crippen LogP contribution is 2.16. The van der Waals surface area contributed by atoms with Crippen molar-refractivity contribution in [3.8, 4) is 0 Å². The van der Waals surface area contributed by atoms with Crippen molar-refractivity contribution in [1.82, 2.24) is 10.3 Å². The number of nitrogens with zero attached hydrogens (tertiary/aromatic N) is 1. The Balaban J connectivity index is 1.51. The van der Waals surface area contributed by atoms with Crippen LogP contribution in [0, 0.1) is 0 Å². The summed E-state index contributed by atoms with van der Waals surface area (Å²) in [4.78, 5) is 16.5. The number of urea groups is 1. The van der Waals surface area contributed by atoms with Gasteiger partial charge in [0.05, 0.1) is 17.2 Å². The predicted octanol–water partition coefficient (Wildman–Crippen LogP) is 4.71. The summed E-state index contributed by atoms with van der Waals surface area (Å²) in [7, 11) is 0. The van der Waals surface area contributed by atoms with Crippen LogP contribution in [0.4, 0.5) is 10.5 Å². The van der Waals surface area contributed by atoms with Crippen LogP contribution in [0.25, 0.3) is 0 Å². The average molecular weight is 358 g/mol. The van der Waals surface area contributed by atoms with Gasteiger partial charge < -0.3 is 10.6 Å². The maximum Gasteiger partial charge on any atom is 0.319 e. The van der Waals surface area contributed by atoms with Gasteiger partial charge in [0.2, 0.25) is 0 Å². The lowest BCUT2D eigenvalue weighted by Crippen LogP contribution is -2.28. The van der Waals surface area contributed by atoms with Crippen molar-refractivity contribution in [2.24, 2.45) is 0 Å². The molecule has 0 fully saturated rings. The van der Waals surface area contributed by atoms with Crippen molar-refractivity contribution < 1.29 is 4.79 Å². The van der Waals surface area contributed by atoms with Crippen LogP contribution in [-0.4, -0.2) is 11.0 Å². The van der Waals surface area contributed by atoms with E-state index in [9.17, 15) is 4.79 Å². The molecule has 0 saturated carbocycles. The van der Waals surface area contributed by atoms with Gasteiger partial charge in [0.25, 0.3) is 0 Å². The lowest BCUT2D eigenvalue weighted by Gasteiger charge is -2.06. The number of hydrogen-bond acceptors (Lipinski definition) is 3. The van der Waals surface area contributed by atoms with Gasteiger partial charge >= 0.3 is 6.03 Å². The molecule has 2 aromatic carbocycles. The molecule has 24 heavy (non-hydrogen) atoms. The second-order valence-corrected chi connectivity index (χ2v) is 6.59. The molecule has 0 radical (unpaired) electrons. The maximum absolute atomic E-state index is 11.9. The quantitative estimate of drug-likeness (QED) is 0.694. The molecule has 2 N–H and O–H groups in total. The third-order valence-corrected chi connectivity index (χ3v) is 4.44. The van der Waals surface area contributed by atoms with Gasteiger partial charge in [-0.25, -0.2) is 9.78 Å². The summed E-state index contributed by atoms with van der Waals surface area (Å²) in [6, 6.07) is 16.9. The highest BCUT2D eigenvalue weighted by Gasteiger charge is 2.06. The third kappa shape index (κ3) is 4.81. The molecular formula is C18H16ClN3OS. The molecule has 4 nitrogen and oxygen atoms in total. The number of amides is 2. The SMILES string of the molecule is O=C(NCc1csc(Cc2ccccc2)n1)Nc1cccc(Cl)c1. The Morgan fingerprint density at radius 1 is 1.12 bits per heavy atom. The van der Waals surface area contributed by atoms with Gasteiger partial charge in [-0.1, -0.05) is 48.0 Å². The number of thiazole rings is 1. The predicted molar refractivity (Wildman–Crippen MR) is 98.7 cm³/mol. The van der Waals surface area contributed by atoms with Crippen molar-refractivity contribution in [2.45, 2.75) is 13.0 Å². The molecular weight excluding hydrogens is 342 g/mol. The van der Waals surface area contributed by atoms with E-state index in [-0.39, 0.29) is 6.03 Å². The minimum absolute atomic E-state index is 0.283. The van der Waals surface area contributed by atoms with Gasteiger partial charge in [0, 0.05) is 22.5 Å². The Bertz CT molecular complexity index is 820. The largest absolute Gasteiger partial charge is 0.332 e. The monoisotopic (exact) mass is 357 g/mol. The third-order valence-electron chi connectivity index (χ3n) is 3.31. The molecule has 0 unspecified atom stereocenters. The molecule has 3 aromatic rings. The summed E-state index contributed by atoms with van der Waals surface area (Å²) in [5.41, 5.74) is 2.74. The van der Waals surface area contributed by atoms with Gasteiger partial charge in [0.1, 0.15) is 0 Å². The Labute approximate surface area is 149 Å². The molecule has 1 heterocycles. The smallest absolute Gasteiger partial charge is 0.319 e. The summed E-state index contributed by atoms with van der Waals surface area (Å²) in [6.45, 7) is 0.387. The Kier molecular flexibility index (Phi) is 5.46. The molecule has 0 aliphatic rings.